The van der Waals surface area contributed by atoms with Crippen LogP contribution < -0.4 is 5.32 Å². The fourth-order valence-electron chi connectivity index (χ4n) is 3.53. The first-order valence-corrected chi connectivity index (χ1v) is 11.1. The smallest absolute Gasteiger partial charge is 0.261 e. The number of aryl methyl sites for hydroxylation is 1. The lowest BCUT2D eigenvalue weighted by atomic mass is 10.1. The van der Waals surface area contributed by atoms with Crippen LogP contribution in [-0.4, -0.2) is 47.9 Å². The molecule has 1 aliphatic rings. The third kappa shape index (κ3) is 4.61. The van der Waals surface area contributed by atoms with Gasteiger partial charge in [-0.25, -0.2) is 4.98 Å². The Balaban J connectivity index is 1.43. The third-order valence-corrected chi connectivity index (χ3v) is 6.15. The summed E-state index contributed by atoms with van der Waals surface area (Å²) >= 11 is 1.41. The minimum atomic E-state index is -0.384. The average molecular weight is 450 g/mol. The lowest BCUT2D eigenvalue weighted by Gasteiger charge is -2.12. The molecule has 0 saturated carbocycles. The van der Waals surface area contributed by atoms with Crippen molar-refractivity contribution in [1.29, 1.82) is 0 Å². The number of hydrogen-bond donors (Lipinski definition) is 1. The van der Waals surface area contributed by atoms with E-state index in [1.165, 1.54) is 39.5 Å². The van der Waals surface area contributed by atoms with Crippen molar-refractivity contribution in [2.75, 3.05) is 25.6 Å². The van der Waals surface area contributed by atoms with Crippen LogP contribution in [0, 0.1) is 6.92 Å². The molecule has 2 heterocycles. The molecule has 7 nitrogen and oxygen atoms in total. The Morgan fingerprint density at radius 2 is 1.84 bits per heavy atom. The molecule has 0 aliphatic carbocycles. The lowest BCUT2D eigenvalue weighted by Crippen LogP contribution is -2.31. The summed E-state index contributed by atoms with van der Waals surface area (Å²) in [6.07, 6.45) is 3.05. The number of amides is 3. The molecule has 0 radical (unpaired) electrons. The van der Waals surface area contributed by atoms with Crippen LogP contribution in [0.1, 0.15) is 53.5 Å². The van der Waals surface area contributed by atoms with Crippen LogP contribution >= 0.6 is 11.3 Å². The summed E-state index contributed by atoms with van der Waals surface area (Å²) < 4.78 is 4.99. The zero-order valence-electron chi connectivity index (χ0n) is 17.9. The van der Waals surface area contributed by atoms with Gasteiger partial charge in [0.15, 0.2) is 5.13 Å². The van der Waals surface area contributed by atoms with Gasteiger partial charge in [0.25, 0.3) is 17.7 Å². The second kappa shape index (κ2) is 9.42. The zero-order valence-corrected chi connectivity index (χ0v) is 18.7. The number of methoxy groups -OCH3 is 1. The van der Waals surface area contributed by atoms with Gasteiger partial charge in [-0.2, -0.15) is 0 Å². The molecule has 0 fully saturated rings. The molecule has 1 aromatic heterocycles. The highest BCUT2D eigenvalue weighted by atomic mass is 32.1. The van der Waals surface area contributed by atoms with Gasteiger partial charge in [0.05, 0.1) is 11.1 Å². The van der Waals surface area contributed by atoms with Crippen molar-refractivity contribution in [3.8, 4) is 0 Å². The fourth-order valence-corrected chi connectivity index (χ4v) is 4.37. The Morgan fingerprint density at radius 3 is 2.59 bits per heavy atom. The van der Waals surface area contributed by atoms with E-state index in [1.807, 2.05) is 6.92 Å². The summed E-state index contributed by atoms with van der Waals surface area (Å²) in [6.45, 7) is 2.79. The topological polar surface area (TPSA) is 88.6 Å². The maximum absolute atomic E-state index is 12.7. The molecule has 1 aliphatic heterocycles. The van der Waals surface area contributed by atoms with Crippen LogP contribution in [0.25, 0.3) is 0 Å². The van der Waals surface area contributed by atoms with E-state index in [0.29, 0.717) is 29.3 Å². The van der Waals surface area contributed by atoms with Crippen molar-refractivity contribution in [3.05, 3.63) is 81.4 Å². The second-order valence-electron chi connectivity index (χ2n) is 7.62. The Labute approximate surface area is 190 Å². The van der Waals surface area contributed by atoms with E-state index >= 15 is 0 Å². The molecular formula is C24H23N3O4S. The Hall–Kier alpha value is -3.36. The molecule has 0 saturated heterocycles. The second-order valence-corrected chi connectivity index (χ2v) is 8.73. The summed E-state index contributed by atoms with van der Waals surface area (Å²) in [5.74, 6) is -1.10. The van der Waals surface area contributed by atoms with E-state index in [4.69, 9.17) is 4.74 Å². The maximum atomic E-state index is 12.7. The number of thiazole rings is 1. The van der Waals surface area contributed by atoms with Gasteiger partial charge in [-0.05, 0) is 37.1 Å². The molecule has 0 unspecified atom stereocenters. The van der Waals surface area contributed by atoms with E-state index in [2.05, 4.69) is 34.6 Å². The molecule has 1 N–H and O–H groups in total. The number of nitrogens with zero attached hydrogens (tertiary/aromatic N) is 2. The number of fused-ring (bicyclic) bond motifs is 1. The standard InChI is InChI=1S/C24H23N3O4S/c1-15-4-6-16(7-5-15)12-18-14-25-24(32-18)26-21(28)17-8-9-19-20(13-17)23(30)27(22(19)29)10-3-11-31-2/h4-9,13-14H,3,10-12H2,1-2H3,(H,25,26,28). The SMILES string of the molecule is COCCCN1C(=O)c2ccc(C(=O)Nc3ncc(Cc4ccc(C)cc4)s3)cc2C1=O. The van der Waals surface area contributed by atoms with Gasteiger partial charge in [-0.3, -0.25) is 24.6 Å². The number of benzene rings is 2. The van der Waals surface area contributed by atoms with Crippen molar-refractivity contribution in [1.82, 2.24) is 9.88 Å². The van der Waals surface area contributed by atoms with Crippen LogP contribution in [0.4, 0.5) is 5.13 Å². The quantitative estimate of drug-likeness (QED) is 0.416. The first-order valence-electron chi connectivity index (χ1n) is 10.3. The molecule has 0 spiro atoms. The van der Waals surface area contributed by atoms with Gasteiger partial charge in [0.1, 0.15) is 0 Å². The minimum Gasteiger partial charge on any atom is -0.385 e. The molecule has 0 bridgehead atoms. The predicted octanol–water partition coefficient (Wildman–Crippen LogP) is 3.93. The first-order chi connectivity index (χ1) is 15.5. The summed E-state index contributed by atoms with van der Waals surface area (Å²) in [5, 5.41) is 3.27. The lowest BCUT2D eigenvalue weighted by molar-refractivity contribution is 0.0638. The molecule has 3 aromatic rings. The minimum absolute atomic E-state index is 0.249. The van der Waals surface area contributed by atoms with E-state index in [9.17, 15) is 14.4 Å². The normalized spacial score (nSPS) is 12.9. The summed E-state index contributed by atoms with van der Waals surface area (Å²) in [5.41, 5.74) is 3.25. The van der Waals surface area contributed by atoms with Gasteiger partial charge in [0, 0.05) is 43.3 Å². The summed E-state index contributed by atoms with van der Waals surface area (Å²) in [4.78, 5) is 44.4. The number of aromatic nitrogens is 1. The number of ether oxygens (including phenoxy) is 1. The van der Waals surface area contributed by atoms with Crippen LogP contribution in [0.15, 0.2) is 48.7 Å². The number of nitrogens with one attached hydrogen (secondary N) is 1. The molecule has 32 heavy (non-hydrogen) atoms. The van der Waals surface area contributed by atoms with Crippen molar-refractivity contribution in [2.45, 2.75) is 19.8 Å². The third-order valence-electron chi connectivity index (χ3n) is 5.24. The number of hydrogen-bond acceptors (Lipinski definition) is 6. The summed E-state index contributed by atoms with van der Waals surface area (Å²) in [6, 6.07) is 12.9. The van der Waals surface area contributed by atoms with Gasteiger partial charge in [0.2, 0.25) is 0 Å². The number of anilines is 1. The van der Waals surface area contributed by atoms with E-state index in [-0.39, 0.29) is 29.8 Å². The average Bonchev–Trinajstić information content (AvgIpc) is 3.32. The molecule has 4 rings (SSSR count). The Bertz CT molecular complexity index is 1170. The number of carbonyl (C=O) groups is 3. The maximum Gasteiger partial charge on any atom is 0.261 e. The number of imide groups is 1. The van der Waals surface area contributed by atoms with Gasteiger partial charge in [-0.1, -0.05) is 29.8 Å². The van der Waals surface area contributed by atoms with Crippen molar-refractivity contribution >= 4 is 34.2 Å². The van der Waals surface area contributed by atoms with E-state index in [1.54, 1.807) is 19.4 Å². The highest BCUT2D eigenvalue weighted by molar-refractivity contribution is 7.15. The highest BCUT2D eigenvalue weighted by Crippen LogP contribution is 2.26. The molecule has 164 valence electrons. The van der Waals surface area contributed by atoms with Crippen LogP contribution in [0.2, 0.25) is 0 Å². The molecule has 2 aromatic carbocycles. The van der Waals surface area contributed by atoms with Gasteiger partial charge >= 0.3 is 0 Å². The zero-order chi connectivity index (χ0) is 22.7. The molecule has 0 atom stereocenters. The van der Waals surface area contributed by atoms with Crippen molar-refractivity contribution in [3.63, 3.8) is 0 Å². The van der Waals surface area contributed by atoms with E-state index < -0.39 is 0 Å². The number of rotatable bonds is 8. The largest absolute Gasteiger partial charge is 0.385 e. The van der Waals surface area contributed by atoms with Crippen molar-refractivity contribution < 1.29 is 19.1 Å². The summed E-state index contributed by atoms with van der Waals surface area (Å²) in [7, 11) is 1.57. The first kappa shape index (κ1) is 21.9. The highest BCUT2D eigenvalue weighted by Gasteiger charge is 2.35. The monoisotopic (exact) mass is 449 g/mol. The molecule has 8 heteroatoms. The Morgan fingerprint density at radius 1 is 1.09 bits per heavy atom. The molecular weight excluding hydrogens is 426 g/mol. The van der Waals surface area contributed by atoms with Crippen LogP contribution in [0.3, 0.4) is 0 Å². The van der Waals surface area contributed by atoms with Crippen LogP contribution in [0.5, 0.6) is 0 Å². The van der Waals surface area contributed by atoms with E-state index in [0.717, 1.165) is 11.3 Å². The van der Waals surface area contributed by atoms with Crippen LogP contribution in [-0.2, 0) is 11.2 Å². The van der Waals surface area contributed by atoms with Gasteiger partial charge < -0.3 is 4.74 Å². The van der Waals surface area contributed by atoms with Gasteiger partial charge in [-0.15, -0.1) is 11.3 Å². The Kier molecular flexibility index (Phi) is 6.43. The number of carbonyl (C=O) groups excluding carboxylic acids is 3. The fraction of sp³-hybridized carbons (Fsp3) is 0.250. The van der Waals surface area contributed by atoms with Crippen molar-refractivity contribution in [2.24, 2.45) is 0 Å². The predicted molar refractivity (Wildman–Crippen MR) is 122 cm³/mol. The molecule has 3 amide bonds.